The van der Waals surface area contributed by atoms with Crippen molar-refractivity contribution in [2.24, 2.45) is 0 Å². The van der Waals surface area contributed by atoms with Crippen molar-refractivity contribution in [2.75, 3.05) is 23.9 Å². The zero-order valence-corrected chi connectivity index (χ0v) is 13.8. The van der Waals surface area contributed by atoms with Crippen LogP contribution in [0.25, 0.3) is 0 Å². The number of rotatable bonds is 6. The minimum Gasteiger partial charge on any atom is -0.477 e. The number of anilines is 2. The second-order valence-corrected chi connectivity index (χ2v) is 5.19. The first-order valence-electron chi connectivity index (χ1n) is 7.39. The predicted octanol–water partition coefficient (Wildman–Crippen LogP) is 2.60. The maximum Gasteiger partial charge on any atom is 0.310 e. The second kappa shape index (κ2) is 7.91. The summed E-state index contributed by atoms with van der Waals surface area (Å²) in [6.07, 6.45) is 0. The molecule has 0 saturated heterocycles. The van der Waals surface area contributed by atoms with Crippen LogP contribution in [-0.4, -0.2) is 30.4 Å². The molecule has 2 amide bonds. The van der Waals surface area contributed by atoms with Gasteiger partial charge in [-0.3, -0.25) is 19.7 Å². The van der Waals surface area contributed by atoms with Crippen molar-refractivity contribution in [1.29, 1.82) is 0 Å². The number of nitro groups is 1. The van der Waals surface area contributed by atoms with E-state index in [0.29, 0.717) is 11.4 Å². The summed E-state index contributed by atoms with van der Waals surface area (Å²) in [5, 5.41) is 13.5. The van der Waals surface area contributed by atoms with Gasteiger partial charge in [0.2, 0.25) is 5.91 Å². The first kappa shape index (κ1) is 17.9. The lowest BCUT2D eigenvalue weighted by Gasteiger charge is -2.16. The first-order valence-corrected chi connectivity index (χ1v) is 7.39. The Kier molecular flexibility index (Phi) is 5.67. The van der Waals surface area contributed by atoms with Crippen LogP contribution in [0.15, 0.2) is 48.5 Å². The van der Waals surface area contributed by atoms with Gasteiger partial charge in [0.1, 0.15) is 0 Å². The summed E-state index contributed by atoms with van der Waals surface area (Å²) < 4.78 is 5.23. The monoisotopic (exact) mass is 343 g/mol. The molecule has 2 aromatic carbocycles. The number of hydrogen-bond acceptors (Lipinski definition) is 5. The van der Waals surface area contributed by atoms with Crippen molar-refractivity contribution < 1.29 is 19.2 Å². The Bertz CT molecular complexity index is 806. The van der Waals surface area contributed by atoms with E-state index in [1.54, 1.807) is 37.4 Å². The average Bonchev–Trinajstić information content (AvgIpc) is 2.59. The third-order valence-corrected chi connectivity index (χ3v) is 3.41. The van der Waals surface area contributed by atoms with Gasteiger partial charge in [0.25, 0.3) is 5.91 Å². The largest absolute Gasteiger partial charge is 0.477 e. The molecular formula is C17H17N3O5. The number of carbonyl (C=O) groups is 2. The molecule has 0 aliphatic rings. The zero-order chi connectivity index (χ0) is 18.4. The van der Waals surface area contributed by atoms with Gasteiger partial charge < -0.3 is 15.0 Å². The van der Waals surface area contributed by atoms with E-state index in [-0.39, 0.29) is 24.0 Å². The molecule has 0 aliphatic carbocycles. The fraction of sp³-hybridized carbons (Fsp3) is 0.176. The number of ether oxygens (including phenoxy) is 1. The Labute approximate surface area is 144 Å². The lowest BCUT2D eigenvalue weighted by molar-refractivity contribution is -0.385. The van der Waals surface area contributed by atoms with E-state index in [1.165, 1.54) is 30.0 Å². The molecule has 1 N–H and O–H groups in total. The Morgan fingerprint density at radius 3 is 2.60 bits per heavy atom. The highest BCUT2D eigenvalue weighted by atomic mass is 16.6. The maximum absolute atomic E-state index is 12.0. The summed E-state index contributed by atoms with van der Waals surface area (Å²) >= 11 is 0. The highest BCUT2D eigenvalue weighted by molar-refractivity contribution is 5.94. The van der Waals surface area contributed by atoms with Gasteiger partial charge in [0.05, 0.1) is 4.92 Å². The Morgan fingerprint density at radius 1 is 1.20 bits per heavy atom. The number of carbonyl (C=O) groups excluding carboxylic acids is 2. The van der Waals surface area contributed by atoms with E-state index in [4.69, 9.17) is 4.74 Å². The molecule has 8 nitrogen and oxygen atoms in total. The van der Waals surface area contributed by atoms with E-state index in [1.807, 2.05) is 0 Å². The summed E-state index contributed by atoms with van der Waals surface area (Å²) in [6.45, 7) is 1.06. The van der Waals surface area contributed by atoms with Crippen molar-refractivity contribution in [1.82, 2.24) is 0 Å². The van der Waals surface area contributed by atoms with Crippen molar-refractivity contribution in [2.45, 2.75) is 6.92 Å². The van der Waals surface area contributed by atoms with Crippen LogP contribution in [0.4, 0.5) is 17.1 Å². The molecule has 0 atom stereocenters. The summed E-state index contributed by atoms with van der Waals surface area (Å²) in [7, 11) is 1.63. The molecule has 0 aromatic heterocycles. The molecule has 130 valence electrons. The third kappa shape index (κ3) is 4.77. The summed E-state index contributed by atoms with van der Waals surface area (Å²) in [5.74, 6) is -0.586. The summed E-state index contributed by atoms with van der Waals surface area (Å²) in [4.78, 5) is 35.2. The Morgan fingerprint density at radius 2 is 1.92 bits per heavy atom. The minimum absolute atomic E-state index is 0.0210. The lowest BCUT2D eigenvalue weighted by atomic mass is 10.2. The SMILES string of the molecule is CC(=O)N(C)c1cccc(NC(=O)COc2ccccc2[N+](=O)[O-])c1. The standard InChI is InChI=1S/C17H17N3O5/c1-12(21)19(2)14-7-5-6-13(10-14)18-17(22)11-25-16-9-4-3-8-15(16)20(23)24/h3-10H,11H2,1-2H3,(H,18,22). The van der Waals surface area contributed by atoms with E-state index < -0.39 is 10.8 Å². The summed E-state index contributed by atoms with van der Waals surface area (Å²) in [5.41, 5.74) is 0.909. The Balaban J connectivity index is 2.01. The lowest BCUT2D eigenvalue weighted by Crippen LogP contribution is -2.23. The molecule has 0 radical (unpaired) electrons. The third-order valence-electron chi connectivity index (χ3n) is 3.41. The fourth-order valence-corrected chi connectivity index (χ4v) is 2.04. The highest BCUT2D eigenvalue weighted by Crippen LogP contribution is 2.25. The normalized spacial score (nSPS) is 10.0. The van der Waals surface area contributed by atoms with Crippen LogP contribution in [0.5, 0.6) is 5.75 Å². The molecule has 25 heavy (non-hydrogen) atoms. The number of hydrogen-bond donors (Lipinski definition) is 1. The number of nitrogens with one attached hydrogen (secondary N) is 1. The van der Waals surface area contributed by atoms with Gasteiger partial charge in [-0.15, -0.1) is 0 Å². The number of para-hydroxylation sites is 2. The molecule has 0 spiro atoms. The number of nitrogens with zero attached hydrogens (tertiary/aromatic N) is 2. The minimum atomic E-state index is -0.575. The van der Waals surface area contributed by atoms with Crippen molar-refractivity contribution in [3.05, 3.63) is 58.6 Å². The molecule has 0 unspecified atom stereocenters. The van der Waals surface area contributed by atoms with Crippen molar-refractivity contribution in [3.63, 3.8) is 0 Å². The molecule has 0 heterocycles. The molecule has 2 aromatic rings. The van der Waals surface area contributed by atoms with Crippen molar-refractivity contribution in [3.8, 4) is 5.75 Å². The highest BCUT2D eigenvalue weighted by Gasteiger charge is 2.15. The van der Waals surface area contributed by atoms with Gasteiger partial charge in [-0.25, -0.2) is 0 Å². The zero-order valence-electron chi connectivity index (χ0n) is 13.8. The van der Waals surface area contributed by atoms with Gasteiger partial charge in [-0.2, -0.15) is 0 Å². The van der Waals surface area contributed by atoms with Crippen LogP contribution >= 0.6 is 0 Å². The number of amides is 2. The first-order chi connectivity index (χ1) is 11.9. The quantitative estimate of drug-likeness (QED) is 0.641. The topological polar surface area (TPSA) is 102 Å². The number of nitro benzene ring substituents is 1. The maximum atomic E-state index is 12.0. The van der Waals surface area contributed by atoms with Crippen LogP contribution in [0.2, 0.25) is 0 Å². The average molecular weight is 343 g/mol. The van der Waals surface area contributed by atoms with Crippen molar-refractivity contribution >= 4 is 28.9 Å². The van der Waals surface area contributed by atoms with E-state index in [9.17, 15) is 19.7 Å². The summed E-state index contributed by atoms with van der Waals surface area (Å²) in [6, 6.07) is 12.6. The number of benzene rings is 2. The smallest absolute Gasteiger partial charge is 0.310 e. The molecular weight excluding hydrogens is 326 g/mol. The van der Waals surface area contributed by atoms with E-state index in [0.717, 1.165) is 0 Å². The van der Waals surface area contributed by atoms with Crippen LogP contribution in [-0.2, 0) is 9.59 Å². The van der Waals surface area contributed by atoms with Gasteiger partial charge in [-0.1, -0.05) is 18.2 Å². The van der Waals surface area contributed by atoms with E-state index >= 15 is 0 Å². The van der Waals surface area contributed by atoms with Crippen LogP contribution in [0, 0.1) is 10.1 Å². The van der Waals surface area contributed by atoms with Gasteiger partial charge >= 0.3 is 5.69 Å². The predicted molar refractivity (Wildman–Crippen MR) is 92.7 cm³/mol. The molecule has 0 bridgehead atoms. The van der Waals surface area contributed by atoms with Crippen LogP contribution in [0.1, 0.15) is 6.92 Å². The molecule has 0 fully saturated rings. The van der Waals surface area contributed by atoms with Gasteiger partial charge in [0, 0.05) is 31.4 Å². The second-order valence-electron chi connectivity index (χ2n) is 5.19. The molecule has 2 rings (SSSR count). The molecule has 8 heteroatoms. The van der Waals surface area contributed by atoms with E-state index in [2.05, 4.69) is 5.32 Å². The van der Waals surface area contributed by atoms with Gasteiger partial charge in [-0.05, 0) is 24.3 Å². The van der Waals surface area contributed by atoms with Crippen LogP contribution < -0.4 is 15.0 Å². The van der Waals surface area contributed by atoms with Gasteiger partial charge in [0.15, 0.2) is 12.4 Å². The molecule has 0 aliphatic heterocycles. The fourth-order valence-electron chi connectivity index (χ4n) is 2.04. The van der Waals surface area contributed by atoms with Crippen LogP contribution in [0.3, 0.4) is 0 Å². The Hall–Kier alpha value is -3.42. The molecule has 0 saturated carbocycles.